The lowest BCUT2D eigenvalue weighted by atomic mass is 10.2. The van der Waals surface area contributed by atoms with Gasteiger partial charge in [0.2, 0.25) is 0 Å². The van der Waals surface area contributed by atoms with Crippen molar-refractivity contribution in [1.29, 1.82) is 0 Å². The predicted octanol–water partition coefficient (Wildman–Crippen LogP) is 3.91. The van der Waals surface area contributed by atoms with E-state index in [-0.39, 0.29) is 5.91 Å². The minimum Gasteiger partial charge on any atom is -0.361 e. The van der Waals surface area contributed by atoms with Crippen LogP contribution in [0.4, 0.5) is 0 Å². The van der Waals surface area contributed by atoms with Crippen molar-refractivity contribution in [3.8, 4) is 0 Å². The normalized spacial score (nSPS) is 10.6. The zero-order valence-corrected chi connectivity index (χ0v) is 15.0. The molecule has 0 aliphatic rings. The minimum absolute atomic E-state index is 0.104. The Morgan fingerprint density at radius 3 is 2.68 bits per heavy atom. The Hall–Kier alpha value is -2.60. The van der Waals surface area contributed by atoms with Gasteiger partial charge >= 0.3 is 0 Å². The molecule has 0 aliphatic heterocycles. The Labute approximate surface area is 150 Å². The first-order valence-electron chi connectivity index (χ1n) is 7.97. The fourth-order valence-corrected chi connectivity index (χ4v) is 3.61. The molecule has 2 heterocycles. The van der Waals surface area contributed by atoms with Crippen molar-refractivity contribution in [1.82, 2.24) is 15.5 Å². The molecule has 6 heteroatoms. The maximum atomic E-state index is 12.6. The maximum Gasteiger partial charge on any atom is 0.252 e. The fourth-order valence-electron chi connectivity index (χ4n) is 2.41. The van der Waals surface area contributed by atoms with Crippen molar-refractivity contribution in [2.75, 3.05) is 0 Å². The molecule has 0 spiro atoms. The van der Waals surface area contributed by atoms with E-state index in [0.29, 0.717) is 17.9 Å². The van der Waals surface area contributed by atoms with E-state index in [4.69, 9.17) is 4.52 Å². The molecule has 0 saturated carbocycles. The Morgan fingerprint density at radius 1 is 1.16 bits per heavy atom. The molecule has 1 N–H and O–H groups in total. The number of aromatic nitrogens is 2. The van der Waals surface area contributed by atoms with Gasteiger partial charge in [0.25, 0.3) is 5.91 Å². The molecule has 0 fully saturated rings. The van der Waals surface area contributed by atoms with Gasteiger partial charge in [-0.25, -0.2) is 0 Å². The monoisotopic (exact) mass is 353 g/mol. The number of hydrogen-bond acceptors (Lipinski definition) is 5. The van der Waals surface area contributed by atoms with Gasteiger partial charge in [-0.15, -0.1) is 11.8 Å². The summed E-state index contributed by atoms with van der Waals surface area (Å²) in [5.74, 6) is 1.43. The van der Waals surface area contributed by atoms with Gasteiger partial charge < -0.3 is 9.84 Å². The molecular formula is C19H19N3O2S. The zero-order chi connectivity index (χ0) is 17.6. The lowest BCUT2D eigenvalue weighted by molar-refractivity contribution is 0.0947. The molecule has 3 rings (SSSR count). The van der Waals surface area contributed by atoms with Crippen LogP contribution in [0.3, 0.4) is 0 Å². The summed E-state index contributed by atoms with van der Waals surface area (Å²) in [4.78, 5) is 17.7. The van der Waals surface area contributed by atoms with Crippen LogP contribution < -0.4 is 5.32 Å². The molecular weight excluding hydrogens is 334 g/mol. The van der Waals surface area contributed by atoms with Crippen LogP contribution in [0, 0.1) is 13.8 Å². The van der Waals surface area contributed by atoms with E-state index in [0.717, 1.165) is 27.6 Å². The highest BCUT2D eigenvalue weighted by molar-refractivity contribution is 7.98. The summed E-state index contributed by atoms with van der Waals surface area (Å²) in [5, 5.41) is 6.90. The standard InChI is InChI=1S/C19H19N3O2S/c1-13-17(14(2)24-22-13)12-25-18-9-4-3-8-16(18)19(23)21-11-15-7-5-6-10-20-15/h3-10H,11-12H2,1-2H3,(H,21,23). The maximum absolute atomic E-state index is 12.6. The third-order valence-electron chi connectivity index (χ3n) is 3.84. The molecule has 0 radical (unpaired) electrons. The number of aryl methyl sites for hydroxylation is 2. The summed E-state index contributed by atoms with van der Waals surface area (Å²) in [6.07, 6.45) is 1.72. The van der Waals surface area contributed by atoms with E-state index in [1.807, 2.05) is 56.3 Å². The van der Waals surface area contributed by atoms with Crippen LogP contribution in [0.2, 0.25) is 0 Å². The number of carbonyl (C=O) groups is 1. The summed E-state index contributed by atoms with van der Waals surface area (Å²) in [6, 6.07) is 13.2. The molecule has 0 atom stereocenters. The van der Waals surface area contributed by atoms with Gasteiger partial charge in [0.15, 0.2) is 0 Å². The van der Waals surface area contributed by atoms with Gasteiger partial charge in [-0.2, -0.15) is 0 Å². The van der Waals surface area contributed by atoms with Gasteiger partial charge in [0.1, 0.15) is 5.76 Å². The van der Waals surface area contributed by atoms with Crippen LogP contribution in [0.15, 0.2) is 58.1 Å². The van der Waals surface area contributed by atoms with E-state index >= 15 is 0 Å². The number of benzene rings is 1. The van der Waals surface area contributed by atoms with Crippen molar-refractivity contribution in [3.05, 3.63) is 76.9 Å². The highest BCUT2D eigenvalue weighted by Crippen LogP contribution is 2.28. The molecule has 2 aromatic heterocycles. The Morgan fingerprint density at radius 2 is 1.96 bits per heavy atom. The van der Waals surface area contributed by atoms with Crippen LogP contribution in [-0.4, -0.2) is 16.0 Å². The highest BCUT2D eigenvalue weighted by atomic mass is 32.2. The number of rotatable bonds is 6. The first kappa shape index (κ1) is 17.2. The van der Waals surface area contributed by atoms with Crippen molar-refractivity contribution >= 4 is 17.7 Å². The van der Waals surface area contributed by atoms with Crippen molar-refractivity contribution < 1.29 is 9.32 Å². The van der Waals surface area contributed by atoms with Crippen molar-refractivity contribution in [3.63, 3.8) is 0 Å². The largest absolute Gasteiger partial charge is 0.361 e. The first-order valence-corrected chi connectivity index (χ1v) is 8.95. The van der Waals surface area contributed by atoms with Crippen molar-refractivity contribution in [2.45, 2.75) is 31.0 Å². The van der Waals surface area contributed by atoms with E-state index < -0.39 is 0 Å². The van der Waals surface area contributed by atoms with E-state index in [1.54, 1.807) is 18.0 Å². The van der Waals surface area contributed by atoms with Gasteiger partial charge in [-0.1, -0.05) is 23.4 Å². The number of thioether (sulfide) groups is 1. The van der Waals surface area contributed by atoms with E-state index in [1.165, 1.54) is 0 Å². The predicted molar refractivity (Wildman–Crippen MR) is 97.4 cm³/mol. The molecule has 5 nitrogen and oxygen atoms in total. The van der Waals surface area contributed by atoms with Gasteiger partial charge in [0.05, 0.1) is 23.5 Å². The summed E-state index contributed by atoms with van der Waals surface area (Å²) >= 11 is 1.61. The number of pyridine rings is 1. The molecule has 1 amide bonds. The van der Waals surface area contributed by atoms with Crippen LogP contribution in [0.5, 0.6) is 0 Å². The van der Waals surface area contributed by atoms with Crippen LogP contribution in [0.1, 0.15) is 33.1 Å². The Balaban J connectivity index is 1.69. The van der Waals surface area contributed by atoms with Gasteiger partial charge in [0, 0.05) is 22.4 Å². The summed E-state index contributed by atoms with van der Waals surface area (Å²) < 4.78 is 5.20. The van der Waals surface area contributed by atoms with Gasteiger partial charge in [-0.05, 0) is 38.1 Å². The van der Waals surface area contributed by atoms with Crippen LogP contribution in [0.25, 0.3) is 0 Å². The lowest BCUT2D eigenvalue weighted by Gasteiger charge is -2.10. The van der Waals surface area contributed by atoms with Gasteiger partial charge in [-0.3, -0.25) is 9.78 Å². The Kier molecular flexibility index (Phi) is 5.50. The second-order valence-electron chi connectivity index (χ2n) is 5.59. The smallest absolute Gasteiger partial charge is 0.252 e. The molecule has 1 aromatic carbocycles. The average molecular weight is 353 g/mol. The second kappa shape index (κ2) is 7.98. The molecule has 0 saturated heterocycles. The van der Waals surface area contributed by atoms with E-state index in [2.05, 4.69) is 15.5 Å². The first-order chi connectivity index (χ1) is 12.1. The summed E-state index contributed by atoms with van der Waals surface area (Å²) in [6.45, 7) is 4.24. The van der Waals surface area contributed by atoms with Crippen LogP contribution >= 0.6 is 11.8 Å². The summed E-state index contributed by atoms with van der Waals surface area (Å²) in [7, 11) is 0. The third kappa shape index (κ3) is 4.28. The highest BCUT2D eigenvalue weighted by Gasteiger charge is 2.14. The molecule has 3 aromatic rings. The SMILES string of the molecule is Cc1noc(C)c1CSc1ccccc1C(=O)NCc1ccccn1. The molecule has 0 unspecified atom stereocenters. The molecule has 0 bridgehead atoms. The number of nitrogens with zero attached hydrogens (tertiary/aromatic N) is 2. The second-order valence-corrected chi connectivity index (χ2v) is 6.61. The van der Waals surface area contributed by atoms with E-state index in [9.17, 15) is 4.79 Å². The Bertz CT molecular complexity index is 843. The molecule has 128 valence electrons. The number of carbonyl (C=O) groups excluding carboxylic acids is 1. The number of hydrogen-bond donors (Lipinski definition) is 1. The lowest BCUT2D eigenvalue weighted by Crippen LogP contribution is -2.23. The molecule has 0 aliphatic carbocycles. The topological polar surface area (TPSA) is 68.0 Å². The fraction of sp³-hybridized carbons (Fsp3) is 0.211. The average Bonchev–Trinajstić information content (AvgIpc) is 2.97. The third-order valence-corrected chi connectivity index (χ3v) is 4.94. The molecule has 25 heavy (non-hydrogen) atoms. The zero-order valence-electron chi connectivity index (χ0n) is 14.2. The number of amides is 1. The quantitative estimate of drug-likeness (QED) is 0.681. The number of nitrogens with one attached hydrogen (secondary N) is 1. The summed E-state index contributed by atoms with van der Waals surface area (Å²) in [5.41, 5.74) is 3.46. The minimum atomic E-state index is -0.104. The van der Waals surface area contributed by atoms with Crippen molar-refractivity contribution in [2.24, 2.45) is 0 Å². The van der Waals surface area contributed by atoms with Crippen LogP contribution in [-0.2, 0) is 12.3 Å².